The molecule has 1 atom stereocenters. The van der Waals surface area contributed by atoms with Crippen molar-refractivity contribution in [3.05, 3.63) is 63.7 Å². The highest BCUT2D eigenvalue weighted by atomic mass is 19.1. The van der Waals surface area contributed by atoms with Crippen molar-refractivity contribution >= 4 is 11.7 Å². The summed E-state index contributed by atoms with van der Waals surface area (Å²) in [5.74, 6) is -1.19. The number of ketones is 1. The first-order valence-corrected chi connectivity index (χ1v) is 8.81. The van der Waals surface area contributed by atoms with Gasteiger partial charge in [0.05, 0.1) is 5.56 Å². The van der Waals surface area contributed by atoms with Crippen LogP contribution in [-0.2, 0) is 19.5 Å². The summed E-state index contributed by atoms with van der Waals surface area (Å²) in [6, 6.07) is 9.40. The Hall–Kier alpha value is -2.69. The third kappa shape index (κ3) is 2.42. The molecule has 2 aliphatic rings. The topological polar surface area (TPSA) is 57.6 Å². The minimum atomic E-state index is -1.64. The van der Waals surface area contributed by atoms with Crippen LogP contribution < -0.4 is 0 Å². The van der Waals surface area contributed by atoms with Gasteiger partial charge in [0.15, 0.2) is 12.0 Å². The van der Waals surface area contributed by atoms with Crippen LogP contribution in [0.5, 0.6) is 5.75 Å². The summed E-state index contributed by atoms with van der Waals surface area (Å²) < 4.78 is 14.0. The third-order valence-corrected chi connectivity index (χ3v) is 5.33. The molecule has 4 rings (SSSR count). The number of phenols is 1. The average Bonchev–Trinajstić information content (AvgIpc) is 3.17. The van der Waals surface area contributed by atoms with Crippen molar-refractivity contribution in [2.45, 2.75) is 45.4 Å². The van der Waals surface area contributed by atoms with Crippen molar-refractivity contribution in [1.82, 2.24) is 4.90 Å². The van der Waals surface area contributed by atoms with Crippen molar-refractivity contribution in [2.24, 2.45) is 0 Å². The number of Topliss-reactive ketones (excluding diaryl/α,β-unsaturated/α-hetero) is 1. The van der Waals surface area contributed by atoms with E-state index < -0.39 is 12.0 Å². The van der Waals surface area contributed by atoms with Gasteiger partial charge in [-0.25, -0.2) is 4.39 Å². The molecular weight excluding hydrogens is 333 g/mol. The maximum Gasteiger partial charge on any atom is 0.258 e. The molecule has 1 heterocycles. The van der Waals surface area contributed by atoms with E-state index in [-0.39, 0.29) is 40.7 Å². The highest BCUT2D eigenvalue weighted by molar-refractivity contribution is 6.08. The van der Waals surface area contributed by atoms with Gasteiger partial charge in [0.2, 0.25) is 0 Å². The summed E-state index contributed by atoms with van der Waals surface area (Å²) in [5.41, 5.74) is 3.49. The molecule has 1 aliphatic heterocycles. The van der Waals surface area contributed by atoms with Gasteiger partial charge in [-0.2, -0.15) is 0 Å². The molecule has 0 bridgehead atoms. The van der Waals surface area contributed by atoms with Crippen LogP contribution in [0.4, 0.5) is 4.39 Å². The molecule has 4 nitrogen and oxygen atoms in total. The first-order chi connectivity index (χ1) is 12.4. The number of fused-ring (bicyclic) bond motifs is 2. The minimum Gasteiger partial charge on any atom is -0.507 e. The molecular formula is C21H20FNO3. The molecule has 2 aromatic carbocycles. The molecule has 1 amide bonds. The van der Waals surface area contributed by atoms with Crippen LogP contribution in [0.25, 0.3) is 0 Å². The lowest BCUT2D eigenvalue weighted by Gasteiger charge is -2.20. The highest BCUT2D eigenvalue weighted by Gasteiger charge is 2.38. The molecule has 0 saturated carbocycles. The second kappa shape index (κ2) is 5.94. The van der Waals surface area contributed by atoms with E-state index in [1.165, 1.54) is 0 Å². The molecule has 1 N–H and O–H groups in total. The second-order valence-electron chi connectivity index (χ2n) is 7.34. The fourth-order valence-electron chi connectivity index (χ4n) is 3.93. The van der Waals surface area contributed by atoms with Crippen molar-refractivity contribution in [3.8, 4) is 5.75 Å². The van der Waals surface area contributed by atoms with Crippen LogP contribution in [0.2, 0.25) is 0 Å². The van der Waals surface area contributed by atoms with E-state index in [2.05, 4.69) is 0 Å². The molecule has 26 heavy (non-hydrogen) atoms. The van der Waals surface area contributed by atoms with Crippen molar-refractivity contribution < 1.29 is 19.1 Å². The number of alkyl halides is 1. The molecule has 1 aliphatic carbocycles. The van der Waals surface area contributed by atoms with Gasteiger partial charge in [-0.15, -0.1) is 0 Å². The lowest BCUT2D eigenvalue weighted by atomic mass is 9.90. The van der Waals surface area contributed by atoms with Crippen LogP contribution in [0, 0.1) is 0 Å². The number of carbonyl (C=O) groups excluding carboxylic acids is 2. The van der Waals surface area contributed by atoms with Crippen LogP contribution in [0.15, 0.2) is 30.3 Å². The Morgan fingerprint density at radius 1 is 1.23 bits per heavy atom. The Labute approximate surface area is 151 Å². The number of hydrogen-bond acceptors (Lipinski definition) is 3. The first kappa shape index (κ1) is 16.8. The quantitative estimate of drug-likeness (QED) is 0.895. The van der Waals surface area contributed by atoms with E-state index >= 15 is 0 Å². The standard InChI is InChI=1S/C21H20FNO3/c1-11(2)14-7-16(19(24)15-8-17(22)20(25)18(14)15)21(26)23-9-12-5-3-4-6-13(12)10-23/h3-7,11,17,24H,8-10H2,1-2H3. The zero-order valence-electron chi connectivity index (χ0n) is 14.8. The Balaban J connectivity index is 1.76. The highest BCUT2D eigenvalue weighted by Crippen LogP contribution is 2.40. The third-order valence-electron chi connectivity index (χ3n) is 5.33. The summed E-state index contributed by atoms with van der Waals surface area (Å²) in [4.78, 5) is 26.9. The van der Waals surface area contributed by atoms with Crippen LogP contribution in [-0.4, -0.2) is 27.9 Å². The summed E-state index contributed by atoms with van der Waals surface area (Å²) >= 11 is 0. The summed E-state index contributed by atoms with van der Waals surface area (Å²) in [6.45, 7) is 4.75. The van der Waals surface area contributed by atoms with E-state index in [1.807, 2.05) is 38.1 Å². The van der Waals surface area contributed by atoms with Gasteiger partial charge >= 0.3 is 0 Å². The Kier molecular flexibility index (Phi) is 3.83. The number of halogens is 1. The second-order valence-corrected chi connectivity index (χ2v) is 7.34. The van der Waals surface area contributed by atoms with Gasteiger partial charge < -0.3 is 10.0 Å². The number of carbonyl (C=O) groups is 2. The molecule has 5 heteroatoms. The minimum absolute atomic E-state index is 0.0547. The molecule has 1 unspecified atom stereocenters. The molecule has 0 fully saturated rings. The largest absolute Gasteiger partial charge is 0.507 e. The van der Waals surface area contributed by atoms with Gasteiger partial charge in [0, 0.05) is 30.6 Å². The lowest BCUT2D eigenvalue weighted by molar-refractivity contribution is 0.0747. The summed E-state index contributed by atoms with van der Waals surface area (Å²) in [5, 5.41) is 10.6. The van der Waals surface area contributed by atoms with Gasteiger partial charge in [-0.1, -0.05) is 38.1 Å². The van der Waals surface area contributed by atoms with Gasteiger partial charge in [0.25, 0.3) is 5.91 Å². The predicted molar refractivity (Wildman–Crippen MR) is 95.1 cm³/mol. The van der Waals surface area contributed by atoms with Gasteiger partial charge in [-0.05, 0) is 28.7 Å². The molecule has 134 valence electrons. The number of hydrogen-bond donors (Lipinski definition) is 1. The summed E-state index contributed by atoms with van der Waals surface area (Å²) in [6.07, 6.45) is -1.81. The monoisotopic (exact) mass is 353 g/mol. The van der Waals surface area contributed by atoms with Gasteiger partial charge in [0.1, 0.15) is 5.75 Å². The number of amides is 1. The molecule has 0 aromatic heterocycles. The van der Waals surface area contributed by atoms with Crippen molar-refractivity contribution in [3.63, 3.8) is 0 Å². The average molecular weight is 353 g/mol. The Morgan fingerprint density at radius 3 is 2.42 bits per heavy atom. The van der Waals surface area contributed by atoms with Crippen molar-refractivity contribution in [2.75, 3.05) is 0 Å². The Bertz CT molecular complexity index is 910. The summed E-state index contributed by atoms with van der Waals surface area (Å²) in [7, 11) is 0. The van der Waals surface area contributed by atoms with E-state index in [1.54, 1.807) is 11.0 Å². The molecule has 0 saturated heterocycles. The van der Waals surface area contributed by atoms with E-state index in [0.29, 0.717) is 18.7 Å². The zero-order valence-corrected chi connectivity index (χ0v) is 14.8. The molecule has 0 radical (unpaired) electrons. The number of phenolic OH excluding ortho intramolecular Hbond substituents is 1. The van der Waals surface area contributed by atoms with Crippen molar-refractivity contribution in [1.29, 1.82) is 0 Å². The van der Waals surface area contributed by atoms with E-state index in [9.17, 15) is 19.1 Å². The van der Waals surface area contributed by atoms with E-state index in [4.69, 9.17) is 0 Å². The number of rotatable bonds is 2. The fraction of sp³-hybridized carbons (Fsp3) is 0.333. The molecule has 2 aromatic rings. The Morgan fingerprint density at radius 2 is 1.85 bits per heavy atom. The van der Waals surface area contributed by atoms with Crippen LogP contribution in [0.1, 0.15) is 62.7 Å². The normalized spacial score (nSPS) is 18.4. The predicted octanol–water partition coefficient (Wildman–Crippen LogP) is 3.75. The zero-order chi connectivity index (χ0) is 18.6. The SMILES string of the molecule is CC(C)c1cc(C(=O)N2Cc3ccccc3C2)c(O)c2c1C(=O)C(F)C2. The molecule has 0 spiro atoms. The number of benzene rings is 2. The smallest absolute Gasteiger partial charge is 0.258 e. The van der Waals surface area contributed by atoms with Gasteiger partial charge in [-0.3, -0.25) is 9.59 Å². The van der Waals surface area contributed by atoms with E-state index in [0.717, 1.165) is 11.1 Å². The maximum atomic E-state index is 14.0. The fourth-order valence-corrected chi connectivity index (χ4v) is 3.93. The number of nitrogens with zero attached hydrogens (tertiary/aromatic N) is 1. The maximum absolute atomic E-state index is 14.0. The van der Waals surface area contributed by atoms with Crippen LogP contribution in [0.3, 0.4) is 0 Å². The lowest BCUT2D eigenvalue weighted by Crippen LogP contribution is -2.26. The van der Waals surface area contributed by atoms with Crippen LogP contribution >= 0.6 is 0 Å². The first-order valence-electron chi connectivity index (χ1n) is 8.81. The number of aromatic hydroxyl groups is 1.